The number of ether oxygens (including phenoxy) is 5. The molecule has 4 amide bonds. The molecule has 18 nitrogen and oxygen atoms in total. The highest BCUT2D eigenvalue weighted by Crippen LogP contribution is 2.42. The van der Waals surface area contributed by atoms with Gasteiger partial charge in [-0.1, -0.05) is 98.0 Å². The smallest absolute Gasteiger partial charge is 0.303 e. The number of fused-ring (bicyclic) bond motifs is 2. The molecule has 8 rings (SSSR count). The van der Waals surface area contributed by atoms with Crippen molar-refractivity contribution in [2.45, 2.75) is 119 Å². The number of aryl methyl sites for hydroxylation is 2. The number of imide groups is 2. The van der Waals surface area contributed by atoms with Crippen molar-refractivity contribution in [3.05, 3.63) is 130 Å². The van der Waals surface area contributed by atoms with Gasteiger partial charge in [0.05, 0.1) is 28.9 Å². The second-order valence-corrected chi connectivity index (χ2v) is 18.4. The lowest BCUT2D eigenvalue weighted by Gasteiger charge is -2.47. The highest BCUT2D eigenvalue weighted by atomic mass is 32.2. The Morgan fingerprint density at radius 3 is 1.31 bits per heavy atom. The summed E-state index contributed by atoms with van der Waals surface area (Å²) in [6.45, 7) is 6.62. The van der Waals surface area contributed by atoms with Crippen LogP contribution in [0.4, 0.5) is 0 Å². The number of hydrogen-bond acceptors (Lipinski definition) is 17. The van der Waals surface area contributed by atoms with Crippen molar-refractivity contribution < 1.29 is 78.0 Å². The fourth-order valence-electron chi connectivity index (χ4n) is 8.15. The molecule has 0 aromatic heterocycles. The van der Waals surface area contributed by atoms with Gasteiger partial charge < -0.3 is 44.5 Å². The Morgan fingerprint density at radius 2 is 0.929 bits per heavy atom. The minimum atomic E-state index is -1.47. The Balaban J connectivity index is 0.000000301. The molecule has 0 radical (unpaired) electrons. The number of rotatable bonds is 11. The van der Waals surface area contributed by atoms with Crippen LogP contribution in [-0.4, -0.2) is 145 Å². The molecule has 0 aliphatic carbocycles. The zero-order valence-corrected chi connectivity index (χ0v) is 39.0. The number of thioether (sulfide) groups is 2. The van der Waals surface area contributed by atoms with Gasteiger partial charge in [-0.2, -0.15) is 0 Å². The van der Waals surface area contributed by atoms with Crippen molar-refractivity contribution in [3.8, 4) is 0 Å². The number of esters is 3. The van der Waals surface area contributed by atoms with Gasteiger partial charge >= 0.3 is 17.9 Å². The number of carbonyl (C=O) groups is 7. The van der Waals surface area contributed by atoms with Crippen molar-refractivity contribution in [2.24, 2.45) is 0 Å². The van der Waals surface area contributed by atoms with E-state index in [2.05, 4.69) is 0 Å². The fraction of sp³-hybridized carbons (Fsp3) is 0.380. The van der Waals surface area contributed by atoms with Gasteiger partial charge in [-0.3, -0.25) is 43.4 Å². The standard InChI is InChI=1S/C27H27NO9S.C21H21NO6S.2CH4.H2O/c1-14-9-11-18(12-10-14)38-27-22(28-25(32)19-7-5-6-8-20(19)26(28)33)24(36-17(4)31)23(35-16(3)30)21(37-27)13-34-15(2)29;1-11-6-8-12(9-7-11)29-21-16(18(25)17(24)15(10-23)28-21)22-19(26)13-4-2-3-5-14(13)20(22)27;;;/h5-12,21-24,27H,13H2,1-4H3;2-9,15-18,21,23-25H,10H2,1H3;2*1H4;1H2. The molecule has 4 heterocycles. The van der Waals surface area contributed by atoms with E-state index < -0.39 is 108 Å². The number of aliphatic hydroxyl groups excluding tert-OH is 3. The number of aliphatic hydroxyl groups is 3. The van der Waals surface area contributed by atoms with E-state index in [1.54, 1.807) is 36.4 Å². The van der Waals surface area contributed by atoms with Gasteiger partial charge in [0, 0.05) is 30.6 Å². The maximum atomic E-state index is 13.5. The van der Waals surface area contributed by atoms with Crippen molar-refractivity contribution in [1.82, 2.24) is 9.80 Å². The van der Waals surface area contributed by atoms with Crippen LogP contribution in [0.2, 0.25) is 0 Å². The highest BCUT2D eigenvalue weighted by molar-refractivity contribution is 8.00. The lowest BCUT2D eigenvalue weighted by Crippen LogP contribution is -2.66. The lowest BCUT2D eigenvalue weighted by atomic mass is 9.96. The number of nitrogens with zero attached hydrogens (tertiary/aromatic N) is 2. The van der Waals surface area contributed by atoms with Crippen LogP contribution in [0.25, 0.3) is 0 Å². The maximum absolute atomic E-state index is 13.5. The molecule has 20 heteroatoms. The van der Waals surface area contributed by atoms with Crippen LogP contribution in [0, 0.1) is 13.8 Å². The van der Waals surface area contributed by atoms with Gasteiger partial charge in [-0.25, -0.2) is 0 Å². The third-order valence-electron chi connectivity index (χ3n) is 11.3. The second kappa shape index (κ2) is 24.2. The number of benzene rings is 4. The molecule has 0 saturated carbocycles. The summed E-state index contributed by atoms with van der Waals surface area (Å²) in [4.78, 5) is 92.4. The van der Waals surface area contributed by atoms with Crippen LogP contribution >= 0.6 is 23.5 Å². The van der Waals surface area contributed by atoms with Crippen LogP contribution in [-0.2, 0) is 38.1 Å². The molecular formula is C50H58N2O16S2. The summed E-state index contributed by atoms with van der Waals surface area (Å²) in [5.41, 5.74) is 1.15. The first-order valence-electron chi connectivity index (χ1n) is 21.1. The first kappa shape index (κ1) is 56.6. The predicted octanol–water partition coefficient (Wildman–Crippen LogP) is 4.54. The zero-order valence-electron chi connectivity index (χ0n) is 37.4. The van der Waals surface area contributed by atoms with Gasteiger partial charge in [0.2, 0.25) is 0 Å². The molecule has 2 fully saturated rings. The summed E-state index contributed by atoms with van der Waals surface area (Å²) in [7, 11) is 0. The van der Waals surface area contributed by atoms with E-state index in [1.807, 2.05) is 62.4 Å². The van der Waals surface area contributed by atoms with Gasteiger partial charge in [0.25, 0.3) is 23.6 Å². The van der Waals surface area contributed by atoms with Gasteiger partial charge in [-0.15, -0.1) is 0 Å². The second-order valence-electron chi connectivity index (χ2n) is 16.1. The Morgan fingerprint density at radius 1 is 0.557 bits per heavy atom. The lowest BCUT2D eigenvalue weighted by molar-refractivity contribution is -0.216. The summed E-state index contributed by atoms with van der Waals surface area (Å²) in [6, 6.07) is 25.5. The Bertz CT molecular complexity index is 2470. The van der Waals surface area contributed by atoms with E-state index in [1.165, 1.54) is 49.5 Å². The van der Waals surface area contributed by atoms with Gasteiger partial charge in [0.15, 0.2) is 12.2 Å². The van der Waals surface area contributed by atoms with Crippen molar-refractivity contribution in [1.29, 1.82) is 0 Å². The molecule has 70 heavy (non-hydrogen) atoms. The largest absolute Gasteiger partial charge is 0.463 e. The predicted molar refractivity (Wildman–Crippen MR) is 257 cm³/mol. The first-order chi connectivity index (χ1) is 32.0. The minimum Gasteiger partial charge on any atom is -0.463 e. The molecular weight excluding hydrogens is 949 g/mol. The van der Waals surface area contributed by atoms with Crippen LogP contribution < -0.4 is 0 Å². The summed E-state index contributed by atoms with van der Waals surface area (Å²) in [5, 5.41) is 30.7. The Kier molecular flexibility index (Phi) is 19.6. The quantitative estimate of drug-likeness (QED) is 0.106. The molecule has 10 unspecified atom stereocenters. The minimum absolute atomic E-state index is 0. The summed E-state index contributed by atoms with van der Waals surface area (Å²) in [6.07, 6.45) is -7.58. The normalized spacial score (nSPS) is 25.4. The topological polar surface area (TPSA) is 264 Å². The van der Waals surface area contributed by atoms with Crippen LogP contribution in [0.15, 0.2) is 107 Å². The molecule has 4 aromatic rings. The monoisotopic (exact) mass is 1010 g/mol. The van der Waals surface area contributed by atoms with E-state index in [0.29, 0.717) is 0 Å². The molecule has 4 aliphatic heterocycles. The SMILES string of the molecule is C.C.CC(=O)OCC1OC(Sc2ccc(C)cc2)C(N2C(=O)c3ccccc3C2=O)C(OC(C)=O)C1OC(C)=O.Cc1ccc(SC2OC(CO)C(O)C(O)C2N2C(=O)c3ccccc3C2=O)cc1.O. The number of carbonyl (C=O) groups excluding carboxylic acids is 7. The van der Waals surface area contributed by atoms with Gasteiger partial charge in [0.1, 0.15) is 54.0 Å². The van der Waals surface area contributed by atoms with E-state index in [9.17, 15) is 48.9 Å². The maximum Gasteiger partial charge on any atom is 0.303 e. The van der Waals surface area contributed by atoms with Crippen LogP contribution in [0.5, 0.6) is 0 Å². The average Bonchev–Trinajstić information content (AvgIpc) is 3.70. The van der Waals surface area contributed by atoms with E-state index >= 15 is 0 Å². The van der Waals surface area contributed by atoms with Crippen LogP contribution in [0.3, 0.4) is 0 Å². The van der Waals surface area contributed by atoms with E-state index in [4.69, 9.17) is 23.7 Å². The Labute approximate surface area is 413 Å². The highest BCUT2D eigenvalue weighted by Gasteiger charge is 2.57. The molecule has 376 valence electrons. The third kappa shape index (κ3) is 12.0. The molecule has 5 N–H and O–H groups in total. The first-order valence-corrected chi connectivity index (χ1v) is 22.9. The molecule has 0 bridgehead atoms. The molecule has 10 atom stereocenters. The summed E-state index contributed by atoms with van der Waals surface area (Å²) < 4.78 is 28.4. The molecule has 2 saturated heterocycles. The molecule has 4 aromatic carbocycles. The van der Waals surface area contributed by atoms with E-state index in [-0.39, 0.29) is 49.2 Å². The van der Waals surface area contributed by atoms with Crippen molar-refractivity contribution >= 4 is 65.1 Å². The Hall–Kier alpha value is -5.97. The van der Waals surface area contributed by atoms with Crippen LogP contribution in [0.1, 0.15) is 88.2 Å². The average molecular weight is 1010 g/mol. The number of amides is 4. The fourth-order valence-corrected chi connectivity index (χ4v) is 10.5. The molecule has 4 aliphatic rings. The number of hydrogen-bond donors (Lipinski definition) is 3. The van der Waals surface area contributed by atoms with Crippen molar-refractivity contribution in [2.75, 3.05) is 13.2 Å². The van der Waals surface area contributed by atoms with Gasteiger partial charge in [-0.05, 0) is 62.4 Å². The third-order valence-corrected chi connectivity index (χ3v) is 13.6. The summed E-state index contributed by atoms with van der Waals surface area (Å²) in [5.74, 6) is -4.29. The molecule has 0 spiro atoms. The van der Waals surface area contributed by atoms with E-state index in [0.717, 1.165) is 37.6 Å². The zero-order chi connectivity index (χ0) is 48.3. The van der Waals surface area contributed by atoms with Crippen molar-refractivity contribution in [3.63, 3.8) is 0 Å². The summed E-state index contributed by atoms with van der Waals surface area (Å²) >= 11 is 2.43.